The normalized spacial score (nSPS) is 18.2. The summed E-state index contributed by atoms with van der Waals surface area (Å²) in [7, 11) is 1.92. The van der Waals surface area contributed by atoms with Gasteiger partial charge >= 0.3 is 0 Å². The number of alkyl halides is 1. The van der Waals surface area contributed by atoms with E-state index in [4.69, 9.17) is 0 Å². The Labute approximate surface area is 223 Å². The van der Waals surface area contributed by atoms with E-state index in [0.29, 0.717) is 5.92 Å². The number of carbonyl (C=O) groups is 2. The van der Waals surface area contributed by atoms with Crippen molar-refractivity contribution >= 4 is 22.7 Å². The molecule has 6 heteroatoms. The molecular formula is C32H34FN3O2. The molecule has 1 aliphatic heterocycles. The van der Waals surface area contributed by atoms with Crippen molar-refractivity contribution in [2.75, 3.05) is 6.54 Å². The van der Waals surface area contributed by atoms with Crippen LogP contribution in [0.25, 0.3) is 10.9 Å². The molecule has 196 valence electrons. The maximum Gasteiger partial charge on any atom is 0.243 e. The minimum absolute atomic E-state index is 0.000479. The molecule has 1 aliphatic rings. The number of nitrogens with zero attached hydrogens (tertiary/aromatic N) is 2. The fourth-order valence-electron chi connectivity index (χ4n) is 5.40. The lowest BCUT2D eigenvalue weighted by Gasteiger charge is -2.27. The van der Waals surface area contributed by atoms with E-state index in [1.165, 1.54) is 10.5 Å². The minimum Gasteiger partial charge on any atom is -0.347 e. The van der Waals surface area contributed by atoms with Crippen LogP contribution in [0.2, 0.25) is 0 Å². The van der Waals surface area contributed by atoms with Crippen LogP contribution in [0, 0.1) is 0 Å². The molecule has 1 fully saturated rings. The van der Waals surface area contributed by atoms with Crippen LogP contribution in [0.15, 0.2) is 84.9 Å². The summed E-state index contributed by atoms with van der Waals surface area (Å²) in [5.74, 6) is -0.179. The maximum atomic E-state index is 14.7. The average Bonchev–Trinajstić information content (AvgIpc) is 3.47. The van der Waals surface area contributed by atoms with Crippen molar-refractivity contribution < 1.29 is 14.0 Å². The largest absolute Gasteiger partial charge is 0.347 e. The van der Waals surface area contributed by atoms with Gasteiger partial charge in [-0.1, -0.05) is 86.6 Å². The molecule has 4 aromatic rings. The summed E-state index contributed by atoms with van der Waals surface area (Å²) in [5, 5.41) is 4.18. The molecule has 5 rings (SSSR count). The Kier molecular flexibility index (Phi) is 7.32. The average molecular weight is 512 g/mol. The van der Waals surface area contributed by atoms with Gasteiger partial charge in [-0.15, -0.1) is 0 Å². The standard InChI is InChI=1S/C32H34FN3O2/c1-21(2)22-13-15-24(16-14-22)31(23-9-5-4-6-10-23)34-32(38)29-18-26(33)20-36(29)30(37)19-27-17-25-11-7-8-12-28(25)35(27)3/h4-17,21,26,29,31H,18-20H2,1-3H3,(H,34,38). The smallest absolute Gasteiger partial charge is 0.243 e. The molecule has 0 spiro atoms. The Bertz CT molecular complexity index is 1430. The number of rotatable bonds is 7. The van der Waals surface area contributed by atoms with E-state index in [2.05, 4.69) is 31.3 Å². The molecule has 2 heterocycles. The van der Waals surface area contributed by atoms with Crippen LogP contribution >= 0.6 is 0 Å². The number of benzene rings is 3. The van der Waals surface area contributed by atoms with Gasteiger partial charge in [-0.3, -0.25) is 9.59 Å². The number of carbonyl (C=O) groups excluding carboxylic acids is 2. The van der Waals surface area contributed by atoms with Gasteiger partial charge in [-0.25, -0.2) is 4.39 Å². The zero-order valence-corrected chi connectivity index (χ0v) is 22.1. The number of halogens is 1. The first-order chi connectivity index (χ1) is 18.3. The molecular weight excluding hydrogens is 477 g/mol. The van der Waals surface area contributed by atoms with Crippen molar-refractivity contribution in [1.29, 1.82) is 0 Å². The maximum absolute atomic E-state index is 14.7. The van der Waals surface area contributed by atoms with Crippen LogP contribution in [0.5, 0.6) is 0 Å². The van der Waals surface area contributed by atoms with E-state index in [1.54, 1.807) is 0 Å². The molecule has 2 amide bonds. The third kappa shape index (κ3) is 5.21. The molecule has 3 unspecified atom stereocenters. The Balaban J connectivity index is 1.37. The highest BCUT2D eigenvalue weighted by molar-refractivity contribution is 5.90. The molecule has 1 aromatic heterocycles. The van der Waals surface area contributed by atoms with Gasteiger partial charge in [0.1, 0.15) is 12.2 Å². The summed E-state index contributed by atoms with van der Waals surface area (Å²) in [6, 6.07) is 26.6. The summed E-state index contributed by atoms with van der Waals surface area (Å²) in [6.45, 7) is 4.21. The summed E-state index contributed by atoms with van der Waals surface area (Å²) in [4.78, 5) is 28.4. The van der Waals surface area contributed by atoms with E-state index >= 15 is 0 Å². The first-order valence-electron chi connectivity index (χ1n) is 13.2. The summed E-state index contributed by atoms with van der Waals surface area (Å²) in [6.07, 6.45) is -1.12. The Morgan fingerprint density at radius 3 is 2.24 bits per heavy atom. The highest BCUT2D eigenvalue weighted by Gasteiger charge is 2.40. The van der Waals surface area contributed by atoms with E-state index in [9.17, 15) is 14.0 Å². The molecule has 0 bridgehead atoms. The highest BCUT2D eigenvalue weighted by atomic mass is 19.1. The fraction of sp³-hybridized carbons (Fsp3) is 0.312. The molecule has 1 saturated heterocycles. The number of para-hydroxylation sites is 1. The Morgan fingerprint density at radius 2 is 1.55 bits per heavy atom. The molecule has 0 saturated carbocycles. The van der Waals surface area contributed by atoms with Crippen molar-refractivity contribution in [3.63, 3.8) is 0 Å². The van der Waals surface area contributed by atoms with Crippen molar-refractivity contribution in [2.45, 2.75) is 50.9 Å². The van der Waals surface area contributed by atoms with Crippen LogP contribution < -0.4 is 5.32 Å². The van der Waals surface area contributed by atoms with E-state index in [-0.39, 0.29) is 31.2 Å². The van der Waals surface area contributed by atoms with Gasteiger partial charge in [0.25, 0.3) is 0 Å². The predicted molar refractivity (Wildman–Crippen MR) is 149 cm³/mol. The first-order valence-corrected chi connectivity index (χ1v) is 13.2. The molecule has 5 nitrogen and oxygen atoms in total. The fourth-order valence-corrected chi connectivity index (χ4v) is 5.40. The lowest BCUT2D eigenvalue weighted by atomic mass is 9.95. The second-order valence-corrected chi connectivity index (χ2v) is 10.5. The second kappa shape index (κ2) is 10.8. The number of hydrogen-bond donors (Lipinski definition) is 1. The number of fused-ring (bicyclic) bond motifs is 1. The summed E-state index contributed by atoms with van der Waals surface area (Å²) in [5.41, 5.74) is 4.96. The van der Waals surface area contributed by atoms with E-state index in [0.717, 1.165) is 27.7 Å². The van der Waals surface area contributed by atoms with Crippen molar-refractivity contribution in [2.24, 2.45) is 7.05 Å². The number of aryl methyl sites for hydroxylation is 1. The van der Waals surface area contributed by atoms with Crippen LogP contribution in [0.1, 0.15) is 54.6 Å². The van der Waals surface area contributed by atoms with Gasteiger partial charge in [0.2, 0.25) is 11.8 Å². The number of likely N-dealkylation sites (tertiary alicyclic amines) is 1. The van der Waals surface area contributed by atoms with Gasteiger partial charge in [-0.05, 0) is 40.1 Å². The van der Waals surface area contributed by atoms with Crippen LogP contribution in [0.3, 0.4) is 0 Å². The molecule has 1 N–H and O–H groups in total. The van der Waals surface area contributed by atoms with Crippen molar-refractivity contribution in [3.8, 4) is 0 Å². The lowest BCUT2D eigenvalue weighted by Crippen LogP contribution is -2.47. The molecule has 38 heavy (non-hydrogen) atoms. The number of aromatic nitrogens is 1. The third-order valence-corrected chi connectivity index (χ3v) is 7.61. The molecule has 3 atom stereocenters. The quantitative estimate of drug-likeness (QED) is 0.347. The first kappa shape index (κ1) is 25.7. The van der Waals surface area contributed by atoms with Crippen LogP contribution in [-0.2, 0) is 23.1 Å². The molecule has 3 aromatic carbocycles. The van der Waals surface area contributed by atoms with Gasteiger partial charge in [-0.2, -0.15) is 0 Å². The third-order valence-electron chi connectivity index (χ3n) is 7.61. The number of hydrogen-bond acceptors (Lipinski definition) is 2. The van der Waals surface area contributed by atoms with Crippen molar-refractivity contribution in [3.05, 3.63) is 107 Å². The summed E-state index contributed by atoms with van der Waals surface area (Å²) >= 11 is 0. The highest BCUT2D eigenvalue weighted by Crippen LogP contribution is 2.28. The van der Waals surface area contributed by atoms with Crippen LogP contribution in [-0.4, -0.2) is 40.0 Å². The van der Waals surface area contributed by atoms with Gasteiger partial charge in [0.15, 0.2) is 0 Å². The van der Waals surface area contributed by atoms with Crippen LogP contribution in [0.4, 0.5) is 4.39 Å². The predicted octanol–water partition coefficient (Wildman–Crippen LogP) is 5.69. The van der Waals surface area contributed by atoms with Crippen molar-refractivity contribution in [1.82, 2.24) is 14.8 Å². The van der Waals surface area contributed by atoms with Gasteiger partial charge < -0.3 is 14.8 Å². The monoisotopic (exact) mass is 511 g/mol. The topological polar surface area (TPSA) is 54.3 Å². The zero-order chi connectivity index (χ0) is 26.8. The second-order valence-electron chi connectivity index (χ2n) is 10.5. The Morgan fingerprint density at radius 1 is 0.921 bits per heavy atom. The number of amides is 2. The SMILES string of the molecule is CC(C)c1ccc(C(NC(=O)C2CC(F)CN2C(=O)Cc2cc3ccccc3n2C)c2ccccc2)cc1. The van der Waals surface area contributed by atoms with E-state index < -0.39 is 18.3 Å². The number of nitrogens with one attached hydrogen (secondary N) is 1. The summed E-state index contributed by atoms with van der Waals surface area (Å²) < 4.78 is 16.6. The van der Waals surface area contributed by atoms with Gasteiger partial charge in [0, 0.05) is 24.7 Å². The zero-order valence-electron chi connectivity index (χ0n) is 22.1. The minimum atomic E-state index is -1.23. The molecule has 0 aliphatic carbocycles. The van der Waals surface area contributed by atoms with Gasteiger partial charge in [0.05, 0.1) is 19.0 Å². The Hall–Kier alpha value is -3.93. The van der Waals surface area contributed by atoms with E-state index in [1.807, 2.05) is 84.4 Å². The molecule has 0 radical (unpaired) electrons. The lowest BCUT2D eigenvalue weighted by molar-refractivity contribution is -0.138.